The number of halogens is 2. The second kappa shape index (κ2) is 8.67. The van der Waals surface area contributed by atoms with Gasteiger partial charge in [-0.15, -0.1) is 0 Å². The molecule has 1 N–H and O–H groups in total. The minimum absolute atomic E-state index is 0.0310. The average molecular weight is 450 g/mol. The lowest BCUT2D eigenvalue weighted by Gasteiger charge is -2.37. The van der Waals surface area contributed by atoms with E-state index >= 15 is 0 Å². The third-order valence-corrected chi connectivity index (χ3v) is 8.04. The number of amides is 1. The standard InChI is InChI=1S/C23H25F2NO4S/c24-20-6-5-16(13-21(20)25)19-4-2-1-3-17(19)14-23(8-10-30-11-9-23)22(27)26-18-7-12-31(28,29)15-18/h1-6,13,18H,7-12,14-15H2,(H,26,27)/t18-/m0/s1. The Kier molecular flexibility index (Phi) is 6.12. The second-order valence-corrected chi connectivity index (χ2v) is 10.7. The van der Waals surface area contributed by atoms with Crippen LogP contribution in [-0.2, 0) is 25.8 Å². The van der Waals surface area contributed by atoms with Crippen molar-refractivity contribution in [2.45, 2.75) is 31.7 Å². The molecule has 5 nitrogen and oxygen atoms in total. The third kappa shape index (κ3) is 4.80. The average Bonchev–Trinajstić information content (AvgIpc) is 3.09. The van der Waals surface area contributed by atoms with Crippen LogP contribution in [0.15, 0.2) is 42.5 Å². The summed E-state index contributed by atoms with van der Waals surface area (Å²) in [6.45, 7) is 0.869. The molecule has 2 aliphatic rings. The molecule has 0 radical (unpaired) electrons. The number of carbonyl (C=O) groups excluding carboxylic acids is 1. The molecule has 2 fully saturated rings. The first-order valence-electron chi connectivity index (χ1n) is 10.4. The van der Waals surface area contributed by atoms with Gasteiger partial charge in [0.15, 0.2) is 21.5 Å². The van der Waals surface area contributed by atoms with Crippen molar-refractivity contribution in [3.05, 3.63) is 59.7 Å². The lowest BCUT2D eigenvalue weighted by Crippen LogP contribution is -2.49. The molecule has 0 unspecified atom stereocenters. The molecule has 2 saturated heterocycles. The maximum Gasteiger partial charge on any atom is 0.226 e. The van der Waals surface area contributed by atoms with Crippen LogP contribution in [0, 0.1) is 17.0 Å². The van der Waals surface area contributed by atoms with Crippen LogP contribution in [0.25, 0.3) is 11.1 Å². The summed E-state index contributed by atoms with van der Waals surface area (Å²) in [5.74, 6) is -1.94. The Morgan fingerprint density at radius 2 is 1.84 bits per heavy atom. The first kappa shape index (κ1) is 21.9. The molecule has 0 aliphatic carbocycles. The molecule has 0 bridgehead atoms. The fourth-order valence-electron chi connectivity index (χ4n) is 4.48. The van der Waals surface area contributed by atoms with E-state index in [0.717, 1.165) is 23.3 Å². The van der Waals surface area contributed by atoms with Crippen LogP contribution >= 0.6 is 0 Å². The Morgan fingerprint density at radius 1 is 1.10 bits per heavy atom. The molecule has 0 saturated carbocycles. The zero-order valence-electron chi connectivity index (χ0n) is 17.1. The van der Waals surface area contributed by atoms with Crippen molar-refractivity contribution >= 4 is 15.7 Å². The monoisotopic (exact) mass is 449 g/mol. The largest absolute Gasteiger partial charge is 0.381 e. The van der Waals surface area contributed by atoms with Gasteiger partial charge in [-0.3, -0.25) is 4.79 Å². The van der Waals surface area contributed by atoms with Gasteiger partial charge in [0.2, 0.25) is 5.91 Å². The zero-order chi connectivity index (χ0) is 22.1. The number of benzene rings is 2. The lowest BCUT2D eigenvalue weighted by molar-refractivity contribution is -0.137. The summed E-state index contributed by atoms with van der Waals surface area (Å²) in [7, 11) is -3.11. The van der Waals surface area contributed by atoms with Crippen LogP contribution in [0.3, 0.4) is 0 Å². The van der Waals surface area contributed by atoms with Gasteiger partial charge in [0, 0.05) is 19.3 Å². The van der Waals surface area contributed by atoms with Crippen molar-refractivity contribution < 1.29 is 26.7 Å². The van der Waals surface area contributed by atoms with E-state index in [-0.39, 0.29) is 23.5 Å². The first-order chi connectivity index (χ1) is 14.8. The Bertz CT molecular complexity index is 1080. The van der Waals surface area contributed by atoms with Crippen LogP contribution in [0.2, 0.25) is 0 Å². The zero-order valence-corrected chi connectivity index (χ0v) is 17.9. The molecule has 2 heterocycles. The minimum atomic E-state index is -3.11. The van der Waals surface area contributed by atoms with Gasteiger partial charge in [-0.25, -0.2) is 17.2 Å². The maximum absolute atomic E-state index is 13.8. The fourth-order valence-corrected chi connectivity index (χ4v) is 6.15. The van der Waals surface area contributed by atoms with Gasteiger partial charge < -0.3 is 10.1 Å². The predicted octanol–water partition coefficient (Wildman–Crippen LogP) is 3.27. The van der Waals surface area contributed by atoms with Crippen molar-refractivity contribution in [1.82, 2.24) is 5.32 Å². The number of hydrogen-bond donors (Lipinski definition) is 1. The highest BCUT2D eigenvalue weighted by molar-refractivity contribution is 7.91. The lowest BCUT2D eigenvalue weighted by atomic mass is 9.73. The quantitative estimate of drug-likeness (QED) is 0.761. The SMILES string of the molecule is O=C(N[C@H]1CCS(=O)(=O)C1)C1(Cc2ccccc2-c2ccc(F)c(F)c2)CCOCC1. The van der Waals surface area contributed by atoms with E-state index in [1.54, 1.807) is 0 Å². The van der Waals surface area contributed by atoms with Gasteiger partial charge in [0.25, 0.3) is 0 Å². The molecular weight excluding hydrogens is 424 g/mol. The van der Waals surface area contributed by atoms with Crippen LogP contribution in [0.5, 0.6) is 0 Å². The van der Waals surface area contributed by atoms with Crippen molar-refractivity contribution in [2.24, 2.45) is 5.41 Å². The van der Waals surface area contributed by atoms with Gasteiger partial charge in [0.1, 0.15) is 0 Å². The molecule has 8 heteroatoms. The smallest absolute Gasteiger partial charge is 0.226 e. The maximum atomic E-state index is 13.8. The molecule has 2 aromatic rings. The molecule has 1 amide bonds. The van der Waals surface area contributed by atoms with Gasteiger partial charge in [-0.2, -0.15) is 0 Å². The molecule has 31 heavy (non-hydrogen) atoms. The van der Waals surface area contributed by atoms with E-state index < -0.39 is 26.9 Å². The molecule has 1 atom stereocenters. The van der Waals surface area contributed by atoms with E-state index in [2.05, 4.69) is 5.32 Å². The van der Waals surface area contributed by atoms with E-state index in [1.165, 1.54) is 6.07 Å². The highest BCUT2D eigenvalue weighted by Gasteiger charge is 2.42. The van der Waals surface area contributed by atoms with Crippen molar-refractivity contribution in [2.75, 3.05) is 24.7 Å². The summed E-state index contributed by atoms with van der Waals surface area (Å²) < 4.78 is 56.3. The number of nitrogens with one attached hydrogen (secondary N) is 1. The van der Waals surface area contributed by atoms with Crippen molar-refractivity contribution in [3.63, 3.8) is 0 Å². The summed E-state index contributed by atoms with van der Waals surface area (Å²) >= 11 is 0. The summed E-state index contributed by atoms with van der Waals surface area (Å²) in [6, 6.07) is 10.8. The van der Waals surface area contributed by atoms with E-state index in [4.69, 9.17) is 4.74 Å². The minimum Gasteiger partial charge on any atom is -0.381 e. The second-order valence-electron chi connectivity index (χ2n) is 8.43. The number of ether oxygens (including phenoxy) is 1. The van der Waals surface area contributed by atoms with Gasteiger partial charge in [-0.1, -0.05) is 30.3 Å². The normalized spacial score (nSPS) is 22.2. The number of rotatable bonds is 5. The van der Waals surface area contributed by atoms with Gasteiger partial charge in [-0.05, 0) is 54.5 Å². The van der Waals surface area contributed by atoms with E-state index in [9.17, 15) is 22.0 Å². The predicted molar refractivity (Wildman–Crippen MR) is 113 cm³/mol. The third-order valence-electron chi connectivity index (χ3n) is 6.28. The molecule has 0 spiro atoms. The Morgan fingerprint density at radius 3 is 2.52 bits per heavy atom. The van der Waals surface area contributed by atoms with Gasteiger partial charge >= 0.3 is 0 Å². The van der Waals surface area contributed by atoms with Crippen LogP contribution in [-0.4, -0.2) is 45.1 Å². The fraction of sp³-hybridized carbons (Fsp3) is 0.435. The topological polar surface area (TPSA) is 72.5 Å². The highest BCUT2D eigenvalue weighted by Crippen LogP contribution is 2.38. The number of hydrogen-bond acceptors (Lipinski definition) is 4. The Balaban J connectivity index is 1.63. The summed E-state index contributed by atoms with van der Waals surface area (Å²) in [4.78, 5) is 13.4. The van der Waals surface area contributed by atoms with Gasteiger partial charge in [0.05, 0.1) is 16.9 Å². The molecule has 0 aromatic heterocycles. The first-order valence-corrected chi connectivity index (χ1v) is 12.2. The van der Waals surface area contributed by atoms with E-state index in [1.807, 2.05) is 24.3 Å². The molecule has 4 rings (SSSR count). The summed E-state index contributed by atoms with van der Waals surface area (Å²) in [5.41, 5.74) is 1.38. The van der Waals surface area contributed by atoms with Crippen LogP contribution in [0.4, 0.5) is 8.78 Å². The summed E-state index contributed by atoms with van der Waals surface area (Å²) in [5, 5.41) is 2.96. The number of sulfone groups is 1. The van der Waals surface area contributed by atoms with Crippen LogP contribution < -0.4 is 5.32 Å². The summed E-state index contributed by atoms with van der Waals surface area (Å²) in [6.07, 6.45) is 1.83. The van der Waals surface area contributed by atoms with Crippen LogP contribution in [0.1, 0.15) is 24.8 Å². The van der Waals surface area contributed by atoms with E-state index in [0.29, 0.717) is 44.5 Å². The molecule has 166 valence electrons. The number of carbonyl (C=O) groups is 1. The Labute approximate surface area is 180 Å². The van der Waals surface area contributed by atoms with Crippen molar-refractivity contribution in [3.8, 4) is 11.1 Å². The molecule has 2 aliphatic heterocycles. The van der Waals surface area contributed by atoms with Crippen molar-refractivity contribution in [1.29, 1.82) is 0 Å². The molecule has 2 aromatic carbocycles. The molecular formula is C23H25F2NO4S. The highest BCUT2D eigenvalue weighted by atomic mass is 32.2. The Hall–Kier alpha value is -2.32.